The molecule has 1 amide bonds. The molecular formula is C24H27N3O4. The van der Waals surface area contributed by atoms with Crippen molar-refractivity contribution < 1.29 is 18.7 Å². The van der Waals surface area contributed by atoms with Crippen molar-refractivity contribution in [1.29, 1.82) is 0 Å². The minimum atomic E-state index is -0.418. The maximum atomic E-state index is 12.6. The maximum Gasteiger partial charge on any atom is 0.358 e. The number of hydrogen-bond donors (Lipinski definition) is 0. The number of nitrogens with zero attached hydrogens (tertiary/aromatic N) is 3. The number of aryl methyl sites for hydroxylation is 1. The van der Waals surface area contributed by atoms with Crippen LogP contribution in [0.5, 0.6) is 0 Å². The molecule has 0 radical (unpaired) electrons. The molecule has 1 fully saturated rings. The molecule has 0 atom stereocenters. The maximum absolute atomic E-state index is 12.6. The van der Waals surface area contributed by atoms with Crippen LogP contribution in [0.1, 0.15) is 59.3 Å². The van der Waals surface area contributed by atoms with Crippen LogP contribution in [0.2, 0.25) is 0 Å². The third-order valence-electron chi connectivity index (χ3n) is 5.71. The smallest absolute Gasteiger partial charge is 0.358 e. The zero-order chi connectivity index (χ0) is 21.8. The van der Waals surface area contributed by atoms with Gasteiger partial charge in [-0.25, -0.2) is 4.79 Å². The molecule has 1 saturated heterocycles. The average Bonchev–Trinajstić information content (AvgIpc) is 3.50. The molecule has 1 aromatic carbocycles. The van der Waals surface area contributed by atoms with E-state index < -0.39 is 5.97 Å². The Hall–Kier alpha value is -3.35. The van der Waals surface area contributed by atoms with Crippen LogP contribution < -0.4 is 0 Å². The number of rotatable bonds is 6. The summed E-state index contributed by atoms with van der Waals surface area (Å²) in [6.07, 6.45) is 3.97. The van der Waals surface area contributed by atoms with E-state index in [1.54, 1.807) is 30.0 Å². The van der Waals surface area contributed by atoms with Crippen molar-refractivity contribution in [1.82, 2.24) is 14.7 Å². The van der Waals surface area contributed by atoms with Gasteiger partial charge in [0.05, 0.1) is 24.6 Å². The molecule has 0 spiro atoms. The van der Waals surface area contributed by atoms with Gasteiger partial charge < -0.3 is 14.1 Å². The monoisotopic (exact) mass is 421 g/mol. The Bertz CT molecular complexity index is 1030. The largest absolute Gasteiger partial charge is 0.461 e. The highest BCUT2D eigenvalue weighted by Gasteiger charge is 2.29. The van der Waals surface area contributed by atoms with Crippen molar-refractivity contribution in [3.8, 4) is 11.3 Å². The van der Waals surface area contributed by atoms with E-state index in [1.807, 2.05) is 4.68 Å². The molecule has 162 valence electrons. The highest BCUT2D eigenvalue weighted by Crippen LogP contribution is 2.30. The fourth-order valence-electron chi connectivity index (χ4n) is 3.97. The summed E-state index contributed by atoms with van der Waals surface area (Å²) in [6, 6.07) is 13.6. The SMILES string of the molecule is CCOC(=O)c1cc(-c2ccc(CC)cc2)n(C2CCN(C(=O)c3ccco3)CC2)n1. The second-order valence-corrected chi connectivity index (χ2v) is 7.63. The lowest BCUT2D eigenvalue weighted by molar-refractivity contribution is 0.0517. The van der Waals surface area contributed by atoms with Crippen LogP contribution in [0.3, 0.4) is 0 Å². The number of hydrogen-bond acceptors (Lipinski definition) is 5. The Labute approximate surface area is 181 Å². The van der Waals surface area contributed by atoms with E-state index in [0.717, 1.165) is 30.5 Å². The van der Waals surface area contributed by atoms with Crippen LogP contribution in [0.15, 0.2) is 53.1 Å². The molecule has 7 nitrogen and oxygen atoms in total. The van der Waals surface area contributed by atoms with Crippen LogP contribution in [-0.2, 0) is 11.2 Å². The first-order chi connectivity index (χ1) is 15.1. The number of carbonyl (C=O) groups is 2. The van der Waals surface area contributed by atoms with E-state index in [1.165, 1.54) is 11.8 Å². The lowest BCUT2D eigenvalue weighted by atomic mass is 10.0. The van der Waals surface area contributed by atoms with Gasteiger partial charge in [0.25, 0.3) is 5.91 Å². The zero-order valence-electron chi connectivity index (χ0n) is 17.9. The van der Waals surface area contributed by atoms with E-state index in [0.29, 0.717) is 31.2 Å². The predicted molar refractivity (Wildman–Crippen MR) is 116 cm³/mol. The van der Waals surface area contributed by atoms with Crippen LogP contribution in [0.4, 0.5) is 0 Å². The van der Waals surface area contributed by atoms with Gasteiger partial charge in [-0.3, -0.25) is 9.48 Å². The molecule has 31 heavy (non-hydrogen) atoms. The molecule has 0 unspecified atom stereocenters. The molecule has 3 aromatic rings. The molecule has 4 rings (SSSR count). The van der Waals surface area contributed by atoms with E-state index in [4.69, 9.17) is 9.15 Å². The zero-order valence-corrected chi connectivity index (χ0v) is 17.9. The van der Waals surface area contributed by atoms with Gasteiger partial charge in [0.1, 0.15) is 0 Å². The van der Waals surface area contributed by atoms with Crippen molar-refractivity contribution in [3.63, 3.8) is 0 Å². The third-order valence-corrected chi connectivity index (χ3v) is 5.71. The normalized spacial score (nSPS) is 14.6. The average molecular weight is 421 g/mol. The van der Waals surface area contributed by atoms with Crippen molar-refractivity contribution >= 4 is 11.9 Å². The molecule has 2 aromatic heterocycles. The number of aromatic nitrogens is 2. The second kappa shape index (κ2) is 9.20. The summed E-state index contributed by atoms with van der Waals surface area (Å²) in [5.74, 6) is -0.150. The van der Waals surface area contributed by atoms with E-state index in [9.17, 15) is 9.59 Å². The standard InChI is InChI=1S/C24H27N3O4/c1-3-17-7-9-18(10-8-17)21-16-20(24(29)30-4-2)25-27(21)19-11-13-26(14-12-19)23(28)22-6-5-15-31-22/h5-10,15-16,19H,3-4,11-14H2,1-2H3. The Morgan fingerprint density at radius 1 is 1.13 bits per heavy atom. The molecule has 7 heteroatoms. The first-order valence-corrected chi connectivity index (χ1v) is 10.8. The molecule has 0 N–H and O–H groups in total. The van der Waals surface area contributed by atoms with E-state index >= 15 is 0 Å². The number of likely N-dealkylation sites (tertiary alicyclic amines) is 1. The van der Waals surface area contributed by atoms with Crippen molar-refractivity contribution in [3.05, 3.63) is 65.7 Å². The highest BCUT2D eigenvalue weighted by atomic mass is 16.5. The van der Waals surface area contributed by atoms with Gasteiger partial charge in [-0.2, -0.15) is 5.10 Å². The molecular weight excluding hydrogens is 394 g/mol. The van der Waals surface area contributed by atoms with Gasteiger partial charge in [0.15, 0.2) is 11.5 Å². The van der Waals surface area contributed by atoms with E-state index in [-0.39, 0.29) is 11.9 Å². The minimum Gasteiger partial charge on any atom is -0.461 e. The summed E-state index contributed by atoms with van der Waals surface area (Å²) in [6.45, 7) is 5.42. The van der Waals surface area contributed by atoms with E-state index in [2.05, 4.69) is 36.3 Å². The number of piperidine rings is 1. The third kappa shape index (κ3) is 4.40. The number of esters is 1. The van der Waals surface area contributed by atoms with Gasteiger partial charge in [0.2, 0.25) is 0 Å². The fraction of sp³-hybridized carbons (Fsp3) is 0.375. The number of carbonyl (C=O) groups excluding carboxylic acids is 2. The van der Waals surface area contributed by atoms with Crippen LogP contribution in [0, 0.1) is 0 Å². The molecule has 1 aliphatic heterocycles. The van der Waals surface area contributed by atoms with Crippen molar-refractivity contribution in [2.75, 3.05) is 19.7 Å². The first-order valence-electron chi connectivity index (χ1n) is 10.8. The molecule has 0 saturated carbocycles. The fourth-order valence-corrected chi connectivity index (χ4v) is 3.97. The quantitative estimate of drug-likeness (QED) is 0.553. The summed E-state index contributed by atoms with van der Waals surface area (Å²) in [4.78, 5) is 26.7. The van der Waals surface area contributed by atoms with Crippen LogP contribution in [-0.4, -0.2) is 46.3 Å². The Balaban J connectivity index is 1.57. The predicted octanol–water partition coefficient (Wildman–Crippen LogP) is 4.36. The Kier molecular flexibility index (Phi) is 6.21. The van der Waals surface area contributed by atoms with Gasteiger partial charge in [-0.05, 0) is 55.5 Å². The molecule has 3 heterocycles. The summed E-state index contributed by atoms with van der Waals surface area (Å²) >= 11 is 0. The second-order valence-electron chi connectivity index (χ2n) is 7.63. The van der Waals surface area contributed by atoms with Gasteiger partial charge in [-0.15, -0.1) is 0 Å². The summed E-state index contributed by atoms with van der Waals surface area (Å²) in [7, 11) is 0. The van der Waals surface area contributed by atoms with Crippen molar-refractivity contribution in [2.24, 2.45) is 0 Å². The Morgan fingerprint density at radius 3 is 2.48 bits per heavy atom. The van der Waals surface area contributed by atoms with Crippen LogP contribution in [0.25, 0.3) is 11.3 Å². The van der Waals surface area contributed by atoms with Gasteiger partial charge >= 0.3 is 5.97 Å². The van der Waals surface area contributed by atoms with Gasteiger partial charge in [-0.1, -0.05) is 31.2 Å². The molecule has 0 aliphatic carbocycles. The number of benzene rings is 1. The summed E-state index contributed by atoms with van der Waals surface area (Å²) in [5.41, 5.74) is 3.46. The molecule has 1 aliphatic rings. The lowest BCUT2D eigenvalue weighted by Gasteiger charge is -2.32. The number of ether oxygens (including phenoxy) is 1. The highest BCUT2D eigenvalue weighted by molar-refractivity contribution is 5.91. The lowest BCUT2D eigenvalue weighted by Crippen LogP contribution is -2.39. The minimum absolute atomic E-state index is 0.0877. The van der Waals surface area contributed by atoms with Gasteiger partial charge in [0, 0.05) is 13.1 Å². The summed E-state index contributed by atoms with van der Waals surface area (Å²) < 4.78 is 12.3. The topological polar surface area (TPSA) is 77.6 Å². The number of furan rings is 1. The van der Waals surface area contributed by atoms with Crippen LogP contribution >= 0.6 is 0 Å². The first kappa shape index (κ1) is 20.9. The molecule has 0 bridgehead atoms. The van der Waals surface area contributed by atoms with Crippen molar-refractivity contribution in [2.45, 2.75) is 39.2 Å². The number of amides is 1. The summed E-state index contributed by atoms with van der Waals surface area (Å²) in [5, 5.41) is 4.61. The Morgan fingerprint density at radius 2 is 1.87 bits per heavy atom.